The lowest BCUT2D eigenvalue weighted by atomic mass is 9.91. The van der Waals surface area contributed by atoms with Gasteiger partial charge in [0.25, 0.3) is 0 Å². The molecule has 1 heteroatoms. The third-order valence-corrected chi connectivity index (χ3v) is 3.58. The first kappa shape index (κ1) is 14.8. The molecule has 0 saturated carbocycles. The lowest BCUT2D eigenvalue weighted by Crippen LogP contribution is -2.03. The van der Waals surface area contributed by atoms with E-state index in [2.05, 4.69) is 38.6 Å². The summed E-state index contributed by atoms with van der Waals surface area (Å²) < 4.78 is 5.32. The molecule has 0 radical (unpaired) electrons. The fourth-order valence-electron chi connectivity index (χ4n) is 2.35. The first-order valence-electron chi connectivity index (χ1n) is 7.04. The Bertz CT molecular complexity index is 368. The van der Waals surface area contributed by atoms with Crippen molar-refractivity contribution in [3.05, 3.63) is 35.9 Å². The number of ether oxygens (including phenoxy) is 1. The van der Waals surface area contributed by atoms with Crippen LogP contribution in [0, 0.1) is 5.92 Å². The molecule has 0 amide bonds. The third-order valence-electron chi connectivity index (χ3n) is 3.58. The van der Waals surface area contributed by atoms with Gasteiger partial charge < -0.3 is 4.74 Å². The molecule has 0 saturated heterocycles. The SMILES string of the molecule is C=Cc1cc(CC(CC)CCCC)ccc1OC. The van der Waals surface area contributed by atoms with Crippen LogP contribution in [0.4, 0.5) is 0 Å². The van der Waals surface area contributed by atoms with E-state index in [0.29, 0.717) is 0 Å². The van der Waals surface area contributed by atoms with Crippen LogP contribution in [0.5, 0.6) is 5.75 Å². The Hall–Kier alpha value is -1.24. The van der Waals surface area contributed by atoms with Gasteiger partial charge in [-0.2, -0.15) is 0 Å². The van der Waals surface area contributed by atoms with E-state index >= 15 is 0 Å². The highest BCUT2D eigenvalue weighted by Gasteiger charge is 2.08. The largest absolute Gasteiger partial charge is 0.496 e. The van der Waals surface area contributed by atoms with Gasteiger partial charge in [-0.3, -0.25) is 0 Å². The highest BCUT2D eigenvalue weighted by atomic mass is 16.5. The van der Waals surface area contributed by atoms with Crippen LogP contribution in [-0.2, 0) is 6.42 Å². The van der Waals surface area contributed by atoms with Crippen LogP contribution >= 0.6 is 0 Å². The summed E-state index contributed by atoms with van der Waals surface area (Å²) in [7, 11) is 1.71. The van der Waals surface area contributed by atoms with Crippen LogP contribution in [0.15, 0.2) is 24.8 Å². The van der Waals surface area contributed by atoms with Crippen molar-refractivity contribution in [1.82, 2.24) is 0 Å². The number of rotatable bonds is 8. The average Bonchev–Trinajstić information content (AvgIpc) is 2.43. The summed E-state index contributed by atoms with van der Waals surface area (Å²) in [6, 6.07) is 6.44. The van der Waals surface area contributed by atoms with Gasteiger partial charge >= 0.3 is 0 Å². The van der Waals surface area contributed by atoms with Gasteiger partial charge in [-0.25, -0.2) is 0 Å². The number of unbranched alkanes of at least 4 members (excludes halogenated alkanes) is 1. The van der Waals surface area contributed by atoms with E-state index in [-0.39, 0.29) is 0 Å². The normalized spacial score (nSPS) is 12.2. The fraction of sp³-hybridized carbons (Fsp3) is 0.529. The van der Waals surface area contributed by atoms with E-state index in [1.54, 1.807) is 7.11 Å². The van der Waals surface area contributed by atoms with E-state index < -0.39 is 0 Å². The standard InChI is InChI=1S/C17H26O/c1-5-8-9-14(6-2)12-15-10-11-17(18-4)16(7-3)13-15/h7,10-11,13-14H,3,5-6,8-9,12H2,1-2,4H3. The molecule has 1 aromatic rings. The zero-order chi connectivity index (χ0) is 13.4. The lowest BCUT2D eigenvalue weighted by molar-refractivity contribution is 0.413. The molecule has 1 unspecified atom stereocenters. The molecular weight excluding hydrogens is 220 g/mol. The molecule has 1 nitrogen and oxygen atoms in total. The molecule has 0 fully saturated rings. The van der Waals surface area contributed by atoms with Crippen LogP contribution in [0.25, 0.3) is 6.08 Å². The van der Waals surface area contributed by atoms with Crippen LogP contribution in [0.1, 0.15) is 50.7 Å². The molecule has 0 aliphatic rings. The molecule has 1 rings (SSSR count). The number of benzene rings is 1. The van der Waals surface area contributed by atoms with Crippen molar-refractivity contribution in [2.75, 3.05) is 7.11 Å². The van der Waals surface area contributed by atoms with Gasteiger partial charge in [0, 0.05) is 5.56 Å². The third kappa shape index (κ3) is 4.21. The minimum atomic E-state index is 0.802. The predicted octanol–water partition coefficient (Wildman–Crippen LogP) is 5.10. The molecule has 0 spiro atoms. The summed E-state index contributed by atoms with van der Waals surface area (Å²) in [5, 5.41) is 0. The minimum Gasteiger partial charge on any atom is -0.496 e. The van der Waals surface area contributed by atoms with Gasteiger partial charge in [0.1, 0.15) is 5.75 Å². The van der Waals surface area contributed by atoms with Crippen molar-refractivity contribution in [2.45, 2.75) is 46.0 Å². The number of hydrogen-bond donors (Lipinski definition) is 0. The second-order valence-electron chi connectivity index (χ2n) is 4.90. The maximum atomic E-state index is 5.32. The summed E-state index contributed by atoms with van der Waals surface area (Å²) >= 11 is 0. The van der Waals surface area contributed by atoms with Crippen molar-refractivity contribution in [3.8, 4) is 5.75 Å². The van der Waals surface area contributed by atoms with Gasteiger partial charge in [0.05, 0.1) is 7.11 Å². The van der Waals surface area contributed by atoms with Crippen molar-refractivity contribution in [3.63, 3.8) is 0 Å². The van der Waals surface area contributed by atoms with E-state index in [0.717, 1.165) is 17.2 Å². The van der Waals surface area contributed by atoms with Gasteiger partial charge in [-0.1, -0.05) is 58.3 Å². The molecule has 0 aliphatic heterocycles. The highest BCUT2D eigenvalue weighted by molar-refractivity contribution is 5.56. The van der Waals surface area contributed by atoms with E-state index in [9.17, 15) is 0 Å². The van der Waals surface area contributed by atoms with Crippen LogP contribution < -0.4 is 4.74 Å². The molecule has 100 valence electrons. The summed E-state index contributed by atoms with van der Waals surface area (Å²) in [4.78, 5) is 0. The van der Waals surface area contributed by atoms with Crippen molar-refractivity contribution >= 4 is 6.08 Å². The monoisotopic (exact) mass is 246 g/mol. The molecule has 1 aromatic carbocycles. The summed E-state index contributed by atoms with van der Waals surface area (Å²) in [6.07, 6.45) is 8.26. The minimum absolute atomic E-state index is 0.802. The number of methoxy groups -OCH3 is 1. The van der Waals surface area contributed by atoms with Crippen LogP contribution in [0.3, 0.4) is 0 Å². The first-order chi connectivity index (χ1) is 8.74. The van der Waals surface area contributed by atoms with Crippen molar-refractivity contribution < 1.29 is 4.74 Å². The highest BCUT2D eigenvalue weighted by Crippen LogP contribution is 2.24. The Morgan fingerprint density at radius 2 is 2.11 bits per heavy atom. The summed E-state index contributed by atoms with van der Waals surface area (Å²) in [5.41, 5.74) is 2.49. The molecule has 0 aliphatic carbocycles. The maximum Gasteiger partial charge on any atom is 0.126 e. The van der Waals surface area contributed by atoms with E-state index in [1.807, 2.05) is 6.08 Å². The van der Waals surface area contributed by atoms with E-state index in [4.69, 9.17) is 4.74 Å². The first-order valence-corrected chi connectivity index (χ1v) is 7.04. The van der Waals surface area contributed by atoms with Gasteiger partial charge in [-0.15, -0.1) is 0 Å². The molecule has 1 atom stereocenters. The zero-order valence-electron chi connectivity index (χ0n) is 12.0. The molecule has 0 bridgehead atoms. The van der Waals surface area contributed by atoms with Crippen LogP contribution in [-0.4, -0.2) is 7.11 Å². The van der Waals surface area contributed by atoms with E-state index in [1.165, 1.54) is 37.7 Å². The topological polar surface area (TPSA) is 9.23 Å². The zero-order valence-corrected chi connectivity index (χ0v) is 12.0. The fourth-order valence-corrected chi connectivity index (χ4v) is 2.35. The van der Waals surface area contributed by atoms with Crippen molar-refractivity contribution in [1.29, 1.82) is 0 Å². The maximum absolute atomic E-state index is 5.32. The molecule has 0 aromatic heterocycles. The Kier molecular flexibility index (Phi) is 6.56. The Morgan fingerprint density at radius 1 is 1.33 bits per heavy atom. The predicted molar refractivity (Wildman–Crippen MR) is 80.1 cm³/mol. The Balaban J connectivity index is 2.74. The molecule has 0 heterocycles. The second kappa shape index (κ2) is 7.97. The Labute approximate surface area is 112 Å². The quantitative estimate of drug-likeness (QED) is 0.620. The molecular formula is C17H26O. The Morgan fingerprint density at radius 3 is 2.67 bits per heavy atom. The van der Waals surface area contributed by atoms with Gasteiger partial charge in [0.15, 0.2) is 0 Å². The molecule has 0 N–H and O–H groups in total. The molecule has 18 heavy (non-hydrogen) atoms. The van der Waals surface area contributed by atoms with Gasteiger partial charge in [-0.05, 0) is 30.0 Å². The van der Waals surface area contributed by atoms with Gasteiger partial charge in [0.2, 0.25) is 0 Å². The second-order valence-corrected chi connectivity index (χ2v) is 4.90. The average molecular weight is 246 g/mol. The number of hydrogen-bond acceptors (Lipinski definition) is 1. The smallest absolute Gasteiger partial charge is 0.126 e. The summed E-state index contributed by atoms with van der Waals surface area (Å²) in [5.74, 6) is 1.71. The van der Waals surface area contributed by atoms with Crippen molar-refractivity contribution in [2.24, 2.45) is 5.92 Å². The van der Waals surface area contributed by atoms with Crippen LogP contribution in [0.2, 0.25) is 0 Å². The summed E-state index contributed by atoms with van der Waals surface area (Å²) in [6.45, 7) is 8.40. The lowest BCUT2D eigenvalue weighted by Gasteiger charge is -2.15.